The minimum Gasteiger partial charge on any atom is -0.465 e. The third-order valence-electron chi connectivity index (χ3n) is 3.66. The molecule has 5 heteroatoms. The summed E-state index contributed by atoms with van der Waals surface area (Å²) in [7, 11) is 3.16. The van der Waals surface area contributed by atoms with Crippen LogP contribution in [0.5, 0.6) is 0 Å². The van der Waals surface area contributed by atoms with Crippen molar-refractivity contribution >= 4 is 17.6 Å². The van der Waals surface area contributed by atoms with E-state index in [-0.39, 0.29) is 11.9 Å². The van der Waals surface area contributed by atoms with Gasteiger partial charge in [-0.25, -0.2) is 4.79 Å². The van der Waals surface area contributed by atoms with Crippen LogP contribution in [0.4, 0.5) is 5.69 Å². The molecule has 2 aromatic carbocycles. The van der Waals surface area contributed by atoms with Crippen molar-refractivity contribution in [3.05, 3.63) is 65.7 Å². The molecule has 0 saturated carbocycles. The van der Waals surface area contributed by atoms with E-state index in [4.69, 9.17) is 0 Å². The molecule has 1 amide bonds. The Bertz CT molecular complexity index is 669. The topological polar surface area (TPSA) is 58.6 Å². The van der Waals surface area contributed by atoms with E-state index < -0.39 is 0 Å². The predicted octanol–water partition coefficient (Wildman–Crippen LogP) is 2.93. The summed E-state index contributed by atoms with van der Waals surface area (Å²) in [6.45, 7) is 1.14. The number of esters is 1. The van der Waals surface area contributed by atoms with Gasteiger partial charge in [0, 0.05) is 32.2 Å². The van der Waals surface area contributed by atoms with Gasteiger partial charge in [0.25, 0.3) is 0 Å². The minimum absolute atomic E-state index is 0.0810. The maximum Gasteiger partial charge on any atom is 0.337 e. The van der Waals surface area contributed by atoms with Gasteiger partial charge in [-0.15, -0.1) is 0 Å². The number of hydrogen-bond acceptors (Lipinski definition) is 4. The van der Waals surface area contributed by atoms with E-state index in [1.807, 2.05) is 30.3 Å². The largest absolute Gasteiger partial charge is 0.465 e. The van der Waals surface area contributed by atoms with Crippen molar-refractivity contribution in [2.45, 2.75) is 13.0 Å². The number of methoxy groups -OCH3 is 1. The van der Waals surface area contributed by atoms with Crippen molar-refractivity contribution in [3.8, 4) is 0 Å². The van der Waals surface area contributed by atoms with Crippen molar-refractivity contribution in [1.29, 1.82) is 0 Å². The second-order valence-electron chi connectivity index (χ2n) is 5.48. The predicted molar refractivity (Wildman–Crippen MR) is 93.8 cm³/mol. The number of ether oxygens (including phenoxy) is 1. The lowest BCUT2D eigenvalue weighted by Gasteiger charge is -2.17. The van der Waals surface area contributed by atoms with Crippen LogP contribution in [0.3, 0.4) is 0 Å². The number of amides is 1. The van der Waals surface area contributed by atoms with Crippen LogP contribution in [0.25, 0.3) is 0 Å². The number of nitrogens with zero attached hydrogens (tertiary/aromatic N) is 1. The summed E-state index contributed by atoms with van der Waals surface area (Å²) in [6.07, 6.45) is 0.405. The fourth-order valence-corrected chi connectivity index (χ4v) is 2.29. The number of hydrogen-bond donors (Lipinski definition) is 1. The highest BCUT2D eigenvalue weighted by atomic mass is 16.5. The Morgan fingerprint density at radius 1 is 1.04 bits per heavy atom. The van der Waals surface area contributed by atoms with Gasteiger partial charge in [0.15, 0.2) is 0 Å². The summed E-state index contributed by atoms with van der Waals surface area (Å²) in [6, 6.07) is 16.9. The Morgan fingerprint density at radius 3 is 2.33 bits per heavy atom. The first-order chi connectivity index (χ1) is 11.6. The highest BCUT2D eigenvalue weighted by Crippen LogP contribution is 2.11. The number of nitrogens with one attached hydrogen (secondary N) is 1. The Hall–Kier alpha value is -2.82. The molecule has 1 N–H and O–H groups in total. The van der Waals surface area contributed by atoms with Gasteiger partial charge in [-0.1, -0.05) is 30.3 Å². The maximum absolute atomic E-state index is 12.1. The van der Waals surface area contributed by atoms with Crippen LogP contribution in [0, 0.1) is 0 Å². The molecule has 2 rings (SSSR count). The third kappa shape index (κ3) is 5.12. The van der Waals surface area contributed by atoms with Crippen LogP contribution in [0.1, 0.15) is 22.3 Å². The van der Waals surface area contributed by atoms with Gasteiger partial charge in [0.05, 0.1) is 12.7 Å². The molecule has 0 heterocycles. The van der Waals surface area contributed by atoms with E-state index in [0.29, 0.717) is 25.1 Å². The Labute approximate surface area is 142 Å². The van der Waals surface area contributed by atoms with Gasteiger partial charge in [-0.2, -0.15) is 0 Å². The standard InChI is InChI=1S/C19H22N2O3/c1-21(14-15-6-4-3-5-7-15)18(22)12-13-20-17-10-8-16(9-11-17)19(23)24-2/h3-11,20H,12-14H2,1-2H3. The van der Waals surface area contributed by atoms with Crippen LogP contribution in [-0.2, 0) is 16.1 Å². The Kier molecular flexibility index (Phi) is 6.37. The first kappa shape index (κ1) is 17.5. The fraction of sp³-hybridized carbons (Fsp3) is 0.263. The second-order valence-corrected chi connectivity index (χ2v) is 5.48. The van der Waals surface area contributed by atoms with Gasteiger partial charge in [-0.05, 0) is 29.8 Å². The lowest BCUT2D eigenvalue weighted by Crippen LogP contribution is -2.27. The number of anilines is 1. The van der Waals surface area contributed by atoms with E-state index in [2.05, 4.69) is 10.1 Å². The molecule has 2 aromatic rings. The number of carbonyl (C=O) groups is 2. The van der Waals surface area contributed by atoms with Crippen molar-refractivity contribution < 1.29 is 14.3 Å². The molecule has 0 aliphatic rings. The summed E-state index contributed by atoms with van der Waals surface area (Å²) < 4.78 is 4.65. The maximum atomic E-state index is 12.1. The van der Waals surface area contributed by atoms with E-state index >= 15 is 0 Å². The first-order valence-corrected chi connectivity index (χ1v) is 7.80. The SMILES string of the molecule is COC(=O)c1ccc(NCCC(=O)N(C)Cc2ccccc2)cc1. The lowest BCUT2D eigenvalue weighted by atomic mass is 10.2. The molecule has 0 spiro atoms. The number of carbonyl (C=O) groups excluding carboxylic acids is 2. The average molecular weight is 326 g/mol. The Morgan fingerprint density at radius 2 is 1.71 bits per heavy atom. The number of rotatable bonds is 7. The van der Waals surface area contributed by atoms with Gasteiger partial charge in [0.1, 0.15) is 0 Å². The Balaban J connectivity index is 1.76. The van der Waals surface area contributed by atoms with Crippen molar-refractivity contribution in [2.75, 3.05) is 26.0 Å². The zero-order valence-corrected chi connectivity index (χ0v) is 14.0. The highest BCUT2D eigenvalue weighted by molar-refractivity contribution is 5.89. The van der Waals surface area contributed by atoms with E-state index in [1.165, 1.54) is 7.11 Å². The summed E-state index contributed by atoms with van der Waals surface area (Å²) in [5.74, 6) is -0.281. The molecule has 126 valence electrons. The summed E-state index contributed by atoms with van der Waals surface area (Å²) >= 11 is 0. The zero-order valence-electron chi connectivity index (χ0n) is 14.0. The fourth-order valence-electron chi connectivity index (χ4n) is 2.29. The molecule has 0 aliphatic carbocycles. The van der Waals surface area contributed by atoms with Gasteiger partial charge >= 0.3 is 5.97 Å². The molecule has 0 atom stereocenters. The molecule has 0 saturated heterocycles. The normalized spacial score (nSPS) is 10.1. The van der Waals surface area contributed by atoms with E-state index in [0.717, 1.165) is 11.3 Å². The van der Waals surface area contributed by atoms with Crippen molar-refractivity contribution in [1.82, 2.24) is 4.90 Å². The second kappa shape index (κ2) is 8.72. The van der Waals surface area contributed by atoms with Crippen LogP contribution in [0.2, 0.25) is 0 Å². The quantitative estimate of drug-likeness (QED) is 0.795. The van der Waals surface area contributed by atoms with E-state index in [1.54, 1.807) is 36.2 Å². The molecule has 0 bridgehead atoms. The van der Waals surface area contributed by atoms with Crippen LogP contribution < -0.4 is 5.32 Å². The number of benzene rings is 2. The molecule has 24 heavy (non-hydrogen) atoms. The third-order valence-corrected chi connectivity index (χ3v) is 3.66. The van der Waals surface area contributed by atoms with Crippen LogP contribution >= 0.6 is 0 Å². The average Bonchev–Trinajstić information content (AvgIpc) is 2.62. The molecule has 0 fully saturated rings. The summed E-state index contributed by atoms with van der Waals surface area (Å²) in [4.78, 5) is 25.2. The molecule has 0 aliphatic heterocycles. The molecule has 0 aromatic heterocycles. The summed E-state index contributed by atoms with van der Waals surface area (Å²) in [5.41, 5.74) is 2.47. The molecular formula is C19H22N2O3. The highest BCUT2D eigenvalue weighted by Gasteiger charge is 2.09. The molecule has 0 unspecified atom stereocenters. The lowest BCUT2D eigenvalue weighted by molar-refractivity contribution is -0.130. The van der Waals surface area contributed by atoms with Crippen molar-refractivity contribution in [3.63, 3.8) is 0 Å². The summed E-state index contributed by atoms with van der Waals surface area (Å²) in [5, 5.41) is 3.18. The molecular weight excluding hydrogens is 304 g/mol. The smallest absolute Gasteiger partial charge is 0.337 e. The van der Waals surface area contributed by atoms with Gasteiger partial charge in [-0.3, -0.25) is 4.79 Å². The van der Waals surface area contributed by atoms with Gasteiger partial charge < -0.3 is 15.0 Å². The molecule has 5 nitrogen and oxygen atoms in total. The van der Waals surface area contributed by atoms with Crippen LogP contribution in [-0.4, -0.2) is 37.5 Å². The van der Waals surface area contributed by atoms with Gasteiger partial charge in [0.2, 0.25) is 5.91 Å². The van der Waals surface area contributed by atoms with E-state index in [9.17, 15) is 9.59 Å². The van der Waals surface area contributed by atoms with Crippen LogP contribution in [0.15, 0.2) is 54.6 Å². The monoisotopic (exact) mass is 326 g/mol. The minimum atomic E-state index is -0.362. The van der Waals surface area contributed by atoms with Crippen molar-refractivity contribution in [2.24, 2.45) is 0 Å². The molecule has 0 radical (unpaired) electrons. The zero-order chi connectivity index (χ0) is 17.4. The first-order valence-electron chi connectivity index (χ1n) is 7.80.